The van der Waals surface area contributed by atoms with Gasteiger partial charge in [0, 0.05) is 10.9 Å². The van der Waals surface area contributed by atoms with Gasteiger partial charge in [-0.15, -0.1) is 0 Å². The van der Waals surface area contributed by atoms with E-state index >= 15 is 0 Å². The van der Waals surface area contributed by atoms with Crippen LogP contribution in [-0.4, -0.2) is 8.07 Å². The van der Waals surface area contributed by atoms with E-state index in [-0.39, 0.29) is 0 Å². The Morgan fingerprint density at radius 1 is 0.889 bits per heavy atom. The quantitative estimate of drug-likeness (QED) is 0.558. The van der Waals surface area contributed by atoms with Crippen molar-refractivity contribution in [2.24, 2.45) is 0 Å². The maximum Gasteiger partial charge on any atom is 0.134 e. The standard InChI is InChI=1S/C16H14OSi/c1-18(2)14-10-6-4-8-12(14)15-16(18)11-7-3-5-9-13(11)17-15/h3-10H,1-2H3. The Hall–Kier alpha value is -1.80. The van der Waals surface area contributed by atoms with Crippen LogP contribution in [0, 0.1) is 0 Å². The van der Waals surface area contributed by atoms with Crippen LogP contribution in [0.1, 0.15) is 0 Å². The molecule has 0 saturated carbocycles. The van der Waals surface area contributed by atoms with Crippen molar-refractivity contribution in [2.45, 2.75) is 13.1 Å². The van der Waals surface area contributed by atoms with Crippen molar-refractivity contribution in [1.29, 1.82) is 0 Å². The molecule has 0 saturated heterocycles. The Kier molecular flexibility index (Phi) is 1.77. The normalized spacial score (nSPS) is 15.7. The predicted molar refractivity (Wildman–Crippen MR) is 78.4 cm³/mol. The molecule has 2 heterocycles. The van der Waals surface area contributed by atoms with Crippen LogP contribution in [0.15, 0.2) is 52.9 Å². The molecule has 1 nitrogen and oxygen atoms in total. The van der Waals surface area contributed by atoms with E-state index < -0.39 is 8.07 Å². The van der Waals surface area contributed by atoms with E-state index in [9.17, 15) is 0 Å². The fourth-order valence-electron chi connectivity index (χ4n) is 3.22. The highest BCUT2D eigenvalue weighted by Crippen LogP contribution is 2.33. The molecule has 1 aliphatic rings. The summed E-state index contributed by atoms with van der Waals surface area (Å²) in [6.07, 6.45) is 0. The SMILES string of the molecule is C[Si]1(C)c2ccccc2-c2oc3ccccc3c21. The molecule has 0 N–H and O–H groups in total. The molecule has 18 heavy (non-hydrogen) atoms. The van der Waals surface area contributed by atoms with Gasteiger partial charge < -0.3 is 4.42 Å². The lowest BCUT2D eigenvalue weighted by Gasteiger charge is -2.17. The lowest BCUT2D eigenvalue weighted by atomic mass is 10.1. The molecule has 0 atom stereocenters. The summed E-state index contributed by atoms with van der Waals surface area (Å²) >= 11 is 0. The second kappa shape index (κ2) is 3.15. The molecule has 4 rings (SSSR count). The monoisotopic (exact) mass is 250 g/mol. The van der Waals surface area contributed by atoms with Gasteiger partial charge in [-0.2, -0.15) is 0 Å². The first-order chi connectivity index (χ1) is 8.69. The zero-order valence-electron chi connectivity index (χ0n) is 10.5. The molecule has 0 bridgehead atoms. The Balaban J connectivity index is 2.20. The summed E-state index contributed by atoms with van der Waals surface area (Å²) in [4.78, 5) is 0. The van der Waals surface area contributed by atoms with E-state index in [2.05, 4.69) is 55.6 Å². The van der Waals surface area contributed by atoms with Crippen LogP contribution in [0.25, 0.3) is 22.3 Å². The number of rotatable bonds is 0. The molecule has 0 aliphatic carbocycles. The van der Waals surface area contributed by atoms with Crippen LogP contribution in [0.5, 0.6) is 0 Å². The Bertz CT molecular complexity index is 768. The third-order valence-corrected chi connectivity index (χ3v) is 7.59. The minimum Gasteiger partial charge on any atom is -0.456 e. The summed E-state index contributed by atoms with van der Waals surface area (Å²) in [5.74, 6) is 1.11. The zero-order chi connectivity index (χ0) is 12.3. The Morgan fingerprint density at radius 2 is 1.61 bits per heavy atom. The van der Waals surface area contributed by atoms with Gasteiger partial charge in [-0.25, -0.2) is 0 Å². The summed E-state index contributed by atoms with van der Waals surface area (Å²) < 4.78 is 6.11. The number of furan rings is 1. The fourth-order valence-corrected chi connectivity index (χ4v) is 6.50. The lowest BCUT2D eigenvalue weighted by Crippen LogP contribution is -2.49. The van der Waals surface area contributed by atoms with Gasteiger partial charge in [0.15, 0.2) is 0 Å². The van der Waals surface area contributed by atoms with E-state index in [0.29, 0.717) is 0 Å². The zero-order valence-corrected chi connectivity index (χ0v) is 11.5. The largest absolute Gasteiger partial charge is 0.456 e. The Labute approximate surface area is 107 Å². The highest BCUT2D eigenvalue weighted by molar-refractivity contribution is 7.05. The maximum atomic E-state index is 6.11. The summed E-state index contributed by atoms with van der Waals surface area (Å²) in [7, 11) is -1.59. The number of hydrogen-bond donors (Lipinski definition) is 0. The average Bonchev–Trinajstić information content (AvgIpc) is 2.86. The number of fused-ring (bicyclic) bond motifs is 5. The maximum absolute atomic E-state index is 6.11. The summed E-state index contributed by atoms with van der Waals surface area (Å²) in [6.45, 7) is 4.83. The third-order valence-electron chi connectivity index (χ3n) is 4.07. The van der Waals surface area contributed by atoms with E-state index in [1.54, 1.807) is 0 Å². The van der Waals surface area contributed by atoms with Crippen LogP contribution in [0.4, 0.5) is 0 Å². The van der Waals surface area contributed by atoms with Gasteiger partial charge >= 0.3 is 0 Å². The molecule has 2 aromatic carbocycles. The van der Waals surface area contributed by atoms with E-state index in [4.69, 9.17) is 4.42 Å². The van der Waals surface area contributed by atoms with Crippen molar-refractivity contribution in [3.05, 3.63) is 48.5 Å². The van der Waals surface area contributed by atoms with Crippen LogP contribution >= 0.6 is 0 Å². The van der Waals surface area contributed by atoms with E-state index in [1.165, 1.54) is 21.3 Å². The molecule has 1 aromatic heterocycles. The van der Waals surface area contributed by atoms with Crippen LogP contribution < -0.4 is 10.4 Å². The topological polar surface area (TPSA) is 13.1 Å². The Morgan fingerprint density at radius 3 is 2.50 bits per heavy atom. The highest BCUT2D eigenvalue weighted by Gasteiger charge is 2.41. The first kappa shape index (κ1) is 10.2. The van der Waals surface area contributed by atoms with Gasteiger partial charge in [0.2, 0.25) is 0 Å². The molecule has 3 aromatic rings. The van der Waals surface area contributed by atoms with E-state index in [1.807, 2.05) is 6.07 Å². The van der Waals surface area contributed by atoms with Crippen molar-refractivity contribution in [3.63, 3.8) is 0 Å². The summed E-state index contributed by atoms with van der Waals surface area (Å²) in [5.41, 5.74) is 2.33. The second-order valence-corrected chi connectivity index (χ2v) is 9.76. The molecule has 0 unspecified atom stereocenters. The second-order valence-electron chi connectivity index (χ2n) is 5.47. The molecule has 88 valence electrons. The molecule has 2 heteroatoms. The molecule has 0 spiro atoms. The lowest BCUT2D eigenvalue weighted by molar-refractivity contribution is 0.635. The van der Waals surface area contributed by atoms with Gasteiger partial charge in [0.25, 0.3) is 0 Å². The average molecular weight is 250 g/mol. The van der Waals surface area contributed by atoms with Crippen molar-refractivity contribution in [3.8, 4) is 11.3 Å². The van der Waals surface area contributed by atoms with Crippen molar-refractivity contribution >= 4 is 29.4 Å². The molecular formula is C16H14OSi. The highest BCUT2D eigenvalue weighted by atomic mass is 28.3. The molecular weight excluding hydrogens is 236 g/mol. The molecule has 0 radical (unpaired) electrons. The molecule has 0 amide bonds. The summed E-state index contributed by atoms with van der Waals surface area (Å²) in [5, 5.41) is 4.28. The van der Waals surface area contributed by atoms with Crippen molar-refractivity contribution < 1.29 is 4.42 Å². The first-order valence-corrected chi connectivity index (χ1v) is 9.31. The summed E-state index contributed by atoms with van der Waals surface area (Å²) in [6, 6.07) is 17.1. The van der Waals surface area contributed by atoms with Gasteiger partial charge in [-0.05, 0) is 16.4 Å². The van der Waals surface area contributed by atoms with Crippen LogP contribution in [-0.2, 0) is 0 Å². The van der Waals surface area contributed by atoms with Crippen LogP contribution in [0.3, 0.4) is 0 Å². The van der Waals surface area contributed by atoms with E-state index in [0.717, 1.165) is 11.3 Å². The van der Waals surface area contributed by atoms with Gasteiger partial charge in [-0.1, -0.05) is 55.6 Å². The van der Waals surface area contributed by atoms with Crippen molar-refractivity contribution in [1.82, 2.24) is 0 Å². The molecule has 0 fully saturated rings. The fraction of sp³-hybridized carbons (Fsp3) is 0.125. The molecule has 1 aliphatic heterocycles. The third kappa shape index (κ3) is 1.06. The predicted octanol–water partition coefficient (Wildman–Crippen LogP) is 3.24. The smallest absolute Gasteiger partial charge is 0.134 e. The minimum absolute atomic E-state index is 1.03. The van der Waals surface area contributed by atoms with Gasteiger partial charge in [-0.3, -0.25) is 0 Å². The van der Waals surface area contributed by atoms with Gasteiger partial charge in [0.1, 0.15) is 19.4 Å². The van der Waals surface area contributed by atoms with Gasteiger partial charge in [0.05, 0.1) is 0 Å². The minimum atomic E-state index is -1.59. The first-order valence-electron chi connectivity index (χ1n) is 6.31. The number of hydrogen-bond acceptors (Lipinski definition) is 1. The van der Waals surface area contributed by atoms with Crippen LogP contribution in [0.2, 0.25) is 13.1 Å². The number of para-hydroxylation sites is 1. The van der Waals surface area contributed by atoms with Crippen molar-refractivity contribution in [2.75, 3.05) is 0 Å². The number of benzene rings is 2.